The topological polar surface area (TPSA) is 63.1 Å². The largest absolute Gasteiger partial charge is 0.395 e. The molecule has 2 aromatic heterocycles. The molecule has 9 heteroatoms. The summed E-state index contributed by atoms with van der Waals surface area (Å²) in [6, 6.07) is 10.9. The Morgan fingerprint density at radius 3 is 2.44 bits per heavy atom. The first kappa shape index (κ1) is 22.7. The number of halogens is 3. The van der Waals surface area contributed by atoms with Gasteiger partial charge in [0.1, 0.15) is 5.82 Å². The van der Waals surface area contributed by atoms with Crippen LogP contribution < -0.4 is 10.2 Å². The predicted molar refractivity (Wildman–Crippen MR) is 125 cm³/mol. The molecule has 0 radical (unpaired) electrons. The van der Waals surface area contributed by atoms with Crippen molar-refractivity contribution in [3.05, 3.63) is 48.2 Å². The molecule has 3 heterocycles. The third-order valence-electron chi connectivity index (χ3n) is 7.31. The Morgan fingerprint density at radius 1 is 1.06 bits per heavy atom. The van der Waals surface area contributed by atoms with Crippen molar-refractivity contribution in [2.75, 3.05) is 23.3 Å². The molecule has 1 N–H and O–H groups in total. The maximum absolute atomic E-state index is 13.4. The number of hydrogen-bond acceptors (Lipinski definition) is 4. The Bertz CT molecular complexity index is 1220. The third kappa shape index (κ3) is 4.23. The van der Waals surface area contributed by atoms with Crippen LogP contribution in [-0.4, -0.2) is 39.9 Å². The van der Waals surface area contributed by atoms with Crippen molar-refractivity contribution in [1.82, 2.24) is 14.8 Å². The summed E-state index contributed by atoms with van der Waals surface area (Å²) in [7, 11) is 0. The fourth-order valence-electron chi connectivity index (χ4n) is 4.63. The molecule has 0 bridgehead atoms. The van der Waals surface area contributed by atoms with Gasteiger partial charge in [-0.1, -0.05) is 12.1 Å². The summed E-state index contributed by atoms with van der Waals surface area (Å²) in [6.07, 6.45) is 2.04. The van der Waals surface area contributed by atoms with Crippen LogP contribution in [0.5, 0.6) is 0 Å². The van der Waals surface area contributed by atoms with Gasteiger partial charge in [0.15, 0.2) is 5.65 Å². The van der Waals surface area contributed by atoms with Crippen molar-refractivity contribution in [1.29, 1.82) is 0 Å². The van der Waals surface area contributed by atoms with Gasteiger partial charge in [-0.2, -0.15) is 18.3 Å². The molecule has 5 rings (SSSR count). The van der Waals surface area contributed by atoms with E-state index in [2.05, 4.69) is 20.3 Å². The van der Waals surface area contributed by atoms with E-state index in [9.17, 15) is 18.0 Å². The molecule has 1 amide bonds. The lowest BCUT2D eigenvalue weighted by molar-refractivity contribution is -0.216. The summed E-state index contributed by atoms with van der Waals surface area (Å²) in [5, 5.41) is 7.54. The zero-order valence-corrected chi connectivity index (χ0v) is 19.3. The number of benzene rings is 1. The summed E-state index contributed by atoms with van der Waals surface area (Å²) in [6.45, 7) is 3.76. The highest BCUT2D eigenvalue weighted by molar-refractivity contribution is 6.08. The SMILES string of the molecule is CC(C)(Cn1ncc2ccc(NC(=O)c3ccccc3N3CCC4(CC3)CC4)nc21)C(F)(F)F. The fourth-order valence-corrected chi connectivity index (χ4v) is 4.63. The molecule has 180 valence electrons. The number of aromatic nitrogens is 3. The van der Waals surface area contributed by atoms with Crippen LogP contribution in [-0.2, 0) is 6.54 Å². The van der Waals surface area contributed by atoms with E-state index in [4.69, 9.17) is 0 Å². The molecule has 6 nitrogen and oxygen atoms in total. The number of carbonyl (C=O) groups is 1. The van der Waals surface area contributed by atoms with Gasteiger partial charge in [0.2, 0.25) is 0 Å². The molecule has 3 aromatic rings. The molecule has 1 spiro atoms. The molecule has 0 unspecified atom stereocenters. The van der Waals surface area contributed by atoms with E-state index in [1.54, 1.807) is 18.2 Å². The van der Waals surface area contributed by atoms with Crippen LogP contribution in [0, 0.1) is 10.8 Å². The molecule has 0 atom stereocenters. The Hall–Kier alpha value is -3.10. The predicted octanol–water partition coefficient (Wildman–Crippen LogP) is 5.65. The average Bonchev–Trinajstić information content (AvgIpc) is 3.44. The number of anilines is 2. The molecule has 2 aliphatic rings. The number of hydrogen-bond donors (Lipinski definition) is 1. The van der Waals surface area contributed by atoms with Crippen LogP contribution in [0.15, 0.2) is 42.6 Å². The van der Waals surface area contributed by atoms with Gasteiger partial charge in [-0.15, -0.1) is 0 Å². The van der Waals surface area contributed by atoms with Gasteiger partial charge >= 0.3 is 6.18 Å². The lowest BCUT2D eigenvalue weighted by atomic mass is 9.93. The summed E-state index contributed by atoms with van der Waals surface area (Å²) in [5.74, 6) is -0.0229. The molecule has 34 heavy (non-hydrogen) atoms. The van der Waals surface area contributed by atoms with Crippen molar-refractivity contribution in [2.45, 2.75) is 52.3 Å². The van der Waals surface area contributed by atoms with E-state index in [1.807, 2.05) is 18.2 Å². The zero-order valence-electron chi connectivity index (χ0n) is 19.3. The highest BCUT2D eigenvalue weighted by Gasteiger charge is 2.48. The summed E-state index contributed by atoms with van der Waals surface area (Å²) >= 11 is 0. The first-order chi connectivity index (χ1) is 16.1. The summed E-state index contributed by atoms with van der Waals surface area (Å²) in [4.78, 5) is 19.9. The Balaban J connectivity index is 1.36. The van der Waals surface area contributed by atoms with Gasteiger partial charge in [-0.3, -0.25) is 4.79 Å². The van der Waals surface area contributed by atoms with Crippen molar-refractivity contribution in [2.24, 2.45) is 10.8 Å². The first-order valence-corrected chi connectivity index (χ1v) is 11.6. The Labute approximate surface area is 196 Å². The second-order valence-electron chi connectivity index (χ2n) is 10.3. The Morgan fingerprint density at radius 2 is 1.76 bits per heavy atom. The van der Waals surface area contributed by atoms with Gasteiger partial charge in [0, 0.05) is 24.2 Å². The van der Waals surface area contributed by atoms with Gasteiger partial charge in [-0.05, 0) is 69.2 Å². The van der Waals surface area contributed by atoms with E-state index in [0.717, 1.165) is 45.5 Å². The standard InChI is InChI=1S/C25H28F3N5O/c1-23(2,25(26,27)28)16-33-21-17(15-29-33)7-8-20(30-21)31-22(34)18-5-3-4-6-19(18)32-13-11-24(9-10-24)12-14-32/h3-8,15H,9-14,16H2,1-2H3,(H,30,31,34). The maximum atomic E-state index is 13.4. The van der Waals surface area contributed by atoms with E-state index in [-0.39, 0.29) is 18.3 Å². The normalized spacial score (nSPS) is 17.9. The lowest BCUT2D eigenvalue weighted by Gasteiger charge is -2.34. The molecule has 1 aliphatic carbocycles. The van der Waals surface area contributed by atoms with Crippen LogP contribution in [0.3, 0.4) is 0 Å². The number of piperidine rings is 1. The number of rotatable bonds is 5. The number of alkyl halides is 3. The fraction of sp³-hybridized carbons (Fsp3) is 0.480. The summed E-state index contributed by atoms with van der Waals surface area (Å²) < 4.78 is 41.4. The number of nitrogens with zero attached hydrogens (tertiary/aromatic N) is 4. The first-order valence-electron chi connectivity index (χ1n) is 11.6. The van der Waals surface area contributed by atoms with Crippen LogP contribution in [0.2, 0.25) is 0 Å². The van der Waals surface area contributed by atoms with Crippen molar-refractivity contribution < 1.29 is 18.0 Å². The zero-order chi connectivity index (χ0) is 24.1. The van der Waals surface area contributed by atoms with Crippen LogP contribution in [0.25, 0.3) is 11.0 Å². The monoisotopic (exact) mass is 471 g/mol. The van der Waals surface area contributed by atoms with E-state index in [1.165, 1.54) is 23.7 Å². The van der Waals surface area contributed by atoms with Crippen LogP contribution in [0.4, 0.5) is 24.7 Å². The van der Waals surface area contributed by atoms with Crippen molar-refractivity contribution >= 4 is 28.4 Å². The minimum Gasteiger partial charge on any atom is -0.371 e. The summed E-state index contributed by atoms with van der Waals surface area (Å²) in [5.41, 5.74) is 0.321. The third-order valence-corrected chi connectivity index (χ3v) is 7.31. The highest BCUT2D eigenvalue weighted by Crippen LogP contribution is 2.54. The van der Waals surface area contributed by atoms with Gasteiger partial charge in [-0.25, -0.2) is 9.67 Å². The quantitative estimate of drug-likeness (QED) is 0.522. The second kappa shape index (κ2) is 7.99. The molecule has 2 fully saturated rings. The second-order valence-corrected chi connectivity index (χ2v) is 10.3. The number of fused-ring (bicyclic) bond motifs is 1. The minimum absolute atomic E-state index is 0.273. The number of carbonyl (C=O) groups excluding carboxylic acids is 1. The number of amides is 1. The van der Waals surface area contributed by atoms with Gasteiger partial charge in [0.25, 0.3) is 5.91 Å². The number of nitrogens with one attached hydrogen (secondary N) is 1. The molecule has 1 aliphatic heterocycles. The minimum atomic E-state index is -4.38. The van der Waals surface area contributed by atoms with Gasteiger partial charge < -0.3 is 10.2 Å². The average molecular weight is 472 g/mol. The maximum Gasteiger partial charge on any atom is 0.395 e. The highest BCUT2D eigenvalue weighted by atomic mass is 19.4. The van der Waals surface area contributed by atoms with E-state index in [0.29, 0.717) is 22.0 Å². The molecule has 1 saturated heterocycles. The van der Waals surface area contributed by atoms with Gasteiger partial charge in [0.05, 0.1) is 23.7 Å². The smallest absolute Gasteiger partial charge is 0.371 e. The number of para-hydroxylation sites is 1. The van der Waals surface area contributed by atoms with Crippen LogP contribution in [0.1, 0.15) is 49.9 Å². The van der Waals surface area contributed by atoms with E-state index < -0.39 is 11.6 Å². The molecular weight excluding hydrogens is 443 g/mol. The molecule has 1 aromatic carbocycles. The van der Waals surface area contributed by atoms with Crippen molar-refractivity contribution in [3.63, 3.8) is 0 Å². The molecular formula is C25H28F3N5O. The molecule has 1 saturated carbocycles. The Kier molecular flexibility index (Phi) is 5.33. The van der Waals surface area contributed by atoms with Crippen LogP contribution >= 0.6 is 0 Å². The van der Waals surface area contributed by atoms with E-state index >= 15 is 0 Å². The van der Waals surface area contributed by atoms with Crippen molar-refractivity contribution in [3.8, 4) is 0 Å². The number of pyridine rings is 1. The lowest BCUT2D eigenvalue weighted by Crippen LogP contribution is -2.36.